The summed E-state index contributed by atoms with van der Waals surface area (Å²) in [6.45, 7) is 6.07. The lowest BCUT2D eigenvalue weighted by Crippen LogP contribution is -2.47. The van der Waals surface area contributed by atoms with Gasteiger partial charge in [-0.2, -0.15) is 0 Å². The lowest BCUT2D eigenvalue weighted by atomic mass is 10.1. The first kappa shape index (κ1) is 27.3. The number of halogens is 1. The molecule has 0 radical (unpaired) electrons. The van der Waals surface area contributed by atoms with Crippen LogP contribution in [0.25, 0.3) is 11.7 Å². The van der Waals surface area contributed by atoms with Gasteiger partial charge in [-0.05, 0) is 47.9 Å². The fourth-order valence-electron chi connectivity index (χ4n) is 5.11. The Morgan fingerprint density at radius 3 is 2.37 bits per heavy atom. The quantitative estimate of drug-likeness (QED) is 0.237. The van der Waals surface area contributed by atoms with E-state index < -0.39 is 0 Å². The molecular formula is C31H28FN5O2S2. The van der Waals surface area contributed by atoms with Crippen molar-refractivity contribution in [2.24, 2.45) is 0 Å². The van der Waals surface area contributed by atoms with Gasteiger partial charge in [0.1, 0.15) is 21.6 Å². The average molecular weight is 586 g/mol. The highest BCUT2D eigenvalue weighted by molar-refractivity contribution is 8.26. The lowest BCUT2D eigenvalue weighted by molar-refractivity contribution is -0.122. The third-order valence-electron chi connectivity index (χ3n) is 7.31. The van der Waals surface area contributed by atoms with Gasteiger partial charge in [-0.3, -0.25) is 23.8 Å². The van der Waals surface area contributed by atoms with Crippen LogP contribution in [0.5, 0.6) is 0 Å². The van der Waals surface area contributed by atoms with E-state index in [1.165, 1.54) is 38.8 Å². The molecule has 2 fully saturated rings. The van der Waals surface area contributed by atoms with Crippen molar-refractivity contribution in [1.82, 2.24) is 19.2 Å². The predicted octanol–water partition coefficient (Wildman–Crippen LogP) is 4.87. The number of nitrogens with zero attached hydrogens (tertiary/aromatic N) is 5. The van der Waals surface area contributed by atoms with Crippen LogP contribution in [-0.4, -0.2) is 55.6 Å². The largest absolute Gasteiger partial charge is 0.353 e. The molecule has 0 unspecified atom stereocenters. The zero-order valence-electron chi connectivity index (χ0n) is 22.5. The molecule has 2 aromatic carbocycles. The van der Waals surface area contributed by atoms with Gasteiger partial charge in [0.2, 0.25) is 0 Å². The Hall–Kier alpha value is -3.86. The molecule has 0 aliphatic carbocycles. The monoisotopic (exact) mass is 585 g/mol. The maximum Gasteiger partial charge on any atom is 0.267 e. The summed E-state index contributed by atoms with van der Waals surface area (Å²) in [6.07, 6.45) is 3.41. The number of hydrogen-bond donors (Lipinski definition) is 0. The molecule has 6 rings (SSSR count). The van der Waals surface area contributed by atoms with Gasteiger partial charge >= 0.3 is 0 Å². The van der Waals surface area contributed by atoms with E-state index >= 15 is 0 Å². The molecular weight excluding hydrogens is 558 g/mol. The number of pyridine rings is 1. The van der Waals surface area contributed by atoms with Gasteiger partial charge in [0.05, 0.1) is 17.0 Å². The van der Waals surface area contributed by atoms with Gasteiger partial charge in [-0.1, -0.05) is 72.5 Å². The van der Waals surface area contributed by atoms with Crippen molar-refractivity contribution in [3.8, 4) is 0 Å². The standard InChI is InChI=1S/C31H28FN5O2S2/c1-21-7-12-27-33-28(35-15-13-34(14-16-35)19-22-5-3-2-4-6-22)25(29(38)36(27)18-21)17-26-30(39)37(31(40)41-26)20-23-8-10-24(32)11-9-23/h2-12,17-18H,13-16,19-20H2,1H3/b26-17+. The second-order valence-corrected chi connectivity index (χ2v) is 11.9. The summed E-state index contributed by atoms with van der Waals surface area (Å²) in [5.74, 6) is -0.0503. The highest BCUT2D eigenvalue weighted by Crippen LogP contribution is 2.34. The predicted molar refractivity (Wildman–Crippen MR) is 165 cm³/mol. The first-order chi connectivity index (χ1) is 19.9. The number of carbonyl (C=O) groups excluding carboxylic acids is 1. The number of thioether (sulfide) groups is 1. The Balaban J connectivity index is 1.31. The summed E-state index contributed by atoms with van der Waals surface area (Å²) in [5, 5.41) is 0. The molecule has 2 saturated heterocycles. The minimum absolute atomic E-state index is 0.229. The molecule has 7 nitrogen and oxygen atoms in total. The van der Waals surface area contributed by atoms with Crippen molar-refractivity contribution < 1.29 is 9.18 Å². The SMILES string of the molecule is Cc1ccc2nc(N3CCN(Cc4ccccc4)CC3)c(/C=C3/SC(=S)N(Cc4ccc(F)cc4)C3=O)c(=O)n2c1. The van der Waals surface area contributed by atoms with Crippen LogP contribution in [0.1, 0.15) is 22.3 Å². The molecule has 0 saturated carbocycles. The maximum atomic E-state index is 13.9. The highest BCUT2D eigenvalue weighted by atomic mass is 32.2. The van der Waals surface area contributed by atoms with Crippen LogP contribution in [0.2, 0.25) is 0 Å². The Morgan fingerprint density at radius 2 is 1.63 bits per heavy atom. The third-order valence-corrected chi connectivity index (χ3v) is 8.69. The molecule has 2 aliphatic rings. The van der Waals surface area contributed by atoms with Gasteiger partial charge < -0.3 is 4.90 Å². The second kappa shape index (κ2) is 11.6. The molecule has 0 spiro atoms. The average Bonchev–Trinajstić information content (AvgIpc) is 3.24. The molecule has 0 N–H and O–H groups in total. The summed E-state index contributed by atoms with van der Waals surface area (Å²) in [6, 6.07) is 20.1. The van der Waals surface area contributed by atoms with Crippen molar-refractivity contribution in [3.05, 3.63) is 116 Å². The van der Waals surface area contributed by atoms with E-state index in [0.29, 0.717) is 39.3 Å². The first-order valence-corrected chi connectivity index (χ1v) is 14.6. The molecule has 0 atom stereocenters. The minimum atomic E-state index is -0.341. The molecule has 208 valence electrons. The number of hydrogen-bond acceptors (Lipinski definition) is 7. The van der Waals surface area contributed by atoms with Crippen LogP contribution in [0, 0.1) is 12.7 Å². The molecule has 0 bridgehead atoms. The van der Waals surface area contributed by atoms with E-state index in [1.54, 1.807) is 24.4 Å². The Bertz CT molecular complexity index is 1710. The van der Waals surface area contributed by atoms with Crippen LogP contribution in [-0.2, 0) is 17.9 Å². The van der Waals surface area contributed by atoms with Crippen LogP contribution in [0.3, 0.4) is 0 Å². The van der Waals surface area contributed by atoms with Crippen LogP contribution < -0.4 is 10.5 Å². The van der Waals surface area contributed by atoms with Gasteiger partial charge in [-0.15, -0.1) is 0 Å². The van der Waals surface area contributed by atoms with Gasteiger partial charge in [0.15, 0.2) is 0 Å². The number of anilines is 1. The Labute approximate surface area is 246 Å². The molecule has 10 heteroatoms. The van der Waals surface area contributed by atoms with Crippen molar-refractivity contribution in [2.45, 2.75) is 20.0 Å². The van der Waals surface area contributed by atoms with E-state index in [-0.39, 0.29) is 23.8 Å². The van der Waals surface area contributed by atoms with E-state index in [1.807, 2.05) is 37.3 Å². The zero-order chi connectivity index (χ0) is 28.5. The van der Waals surface area contributed by atoms with Crippen molar-refractivity contribution in [3.63, 3.8) is 0 Å². The lowest BCUT2D eigenvalue weighted by Gasteiger charge is -2.36. The Kier molecular flexibility index (Phi) is 7.70. The molecule has 4 aromatic rings. The van der Waals surface area contributed by atoms with E-state index in [9.17, 15) is 14.0 Å². The smallest absolute Gasteiger partial charge is 0.267 e. The maximum absolute atomic E-state index is 13.9. The van der Waals surface area contributed by atoms with Crippen LogP contribution in [0.15, 0.2) is 82.6 Å². The fourth-order valence-corrected chi connectivity index (χ4v) is 6.35. The van der Waals surface area contributed by atoms with E-state index in [0.717, 1.165) is 30.8 Å². The number of fused-ring (bicyclic) bond motifs is 1. The number of thiocarbonyl (C=S) groups is 1. The topological polar surface area (TPSA) is 61.2 Å². The third kappa shape index (κ3) is 5.81. The number of benzene rings is 2. The summed E-state index contributed by atoms with van der Waals surface area (Å²) in [4.78, 5) is 38.6. The normalized spacial score (nSPS) is 17.3. The van der Waals surface area contributed by atoms with Crippen molar-refractivity contribution in [1.29, 1.82) is 0 Å². The Morgan fingerprint density at radius 1 is 0.927 bits per heavy atom. The van der Waals surface area contributed by atoms with Crippen molar-refractivity contribution >= 4 is 51.7 Å². The summed E-state index contributed by atoms with van der Waals surface area (Å²) < 4.78 is 15.3. The minimum Gasteiger partial charge on any atom is -0.353 e. The zero-order valence-corrected chi connectivity index (χ0v) is 24.1. The summed E-state index contributed by atoms with van der Waals surface area (Å²) >= 11 is 6.69. The van der Waals surface area contributed by atoms with Gasteiger partial charge in [0, 0.05) is 38.9 Å². The second-order valence-electron chi connectivity index (χ2n) is 10.2. The number of amides is 1. The number of piperazine rings is 1. The first-order valence-electron chi connectivity index (χ1n) is 13.4. The summed E-state index contributed by atoms with van der Waals surface area (Å²) in [5.41, 5.74) is 3.65. The van der Waals surface area contributed by atoms with Crippen molar-refractivity contribution in [2.75, 3.05) is 31.1 Å². The number of aromatic nitrogens is 2. The molecule has 2 aromatic heterocycles. The summed E-state index contributed by atoms with van der Waals surface area (Å²) in [7, 11) is 0. The molecule has 1 amide bonds. The van der Waals surface area contributed by atoms with Gasteiger partial charge in [0.25, 0.3) is 11.5 Å². The molecule has 41 heavy (non-hydrogen) atoms. The fraction of sp³-hybridized carbons (Fsp3) is 0.226. The number of aryl methyl sites for hydroxylation is 1. The number of carbonyl (C=O) groups is 1. The number of rotatable bonds is 6. The van der Waals surface area contributed by atoms with Crippen LogP contribution >= 0.6 is 24.0 Å². The molecule has 4 heterocycles. The van der Waals surface area contributed by atoms with Crippen LogP contribution in [0.4, 0.5) is 10.2 Å². The highest BCUT2D eigenvalue weighted by Gasteiger charge is 2.33. The van der Waals surface area contributed by atoms with E-state index in [4.69, 9.17) is 17.2 Å². The van der Waals surface area contributed by atoms with Gasteiger partial charge in [-0.25, -0.2) is 9.37 Å². The van der Waals surface area contributed by atoms with E-state index in [2.05, 4.69) is 21.9 Å². The molecule has 2 aliphatic heterocycles.